The summed E-state index contributed by atoms with van der Waals surface area (Å²) in [6.45, 7) is 1.60. The molecule has 0 N–H and O–H groups in total. The number of benzene rings is 1. The highest BCUT2D eigenvalue weighted by Crippen LogP contribution is 2.32. The second-order valence-corrected chi connectivity index (χ2v) is 5.13. The molecule has 1 aliphatic heterocycles. The van der Waals surface area contributed by atoms with E-state index in [-0.39, 0.29) is 12.7 Å². The molecule has 1 heterocycles. The molecule has 0 aliphatic carbocycles. The summed E-state index contributed by atoms with van der Waals surface area (Å²) in [5, 5.41) is -0.449. The zero-order valence-corrected chi connectivity index (χ0v) is 10.1. The standard InChI is InChI=1S/C13H16ClFO/c1-13(15)9-16-11(8-12(13)14)7-10-5-3-2-4-6-10/h2-6,11-12H,7-9H2,1H3/t11-,12+,13?/m1/s1. The summed E-state index contributed by atoms with van der Waals surface area (Å²) in [6, 6.07) is 10.1. The van der Waals surface area contributed by atoms with Gasteiger partial charge in [0, 0.05) is 0 Å². The average molecular weight is 243 g/mol. The first-order valence-electron chi connectivity index (χ1n) is 5.56. The monoisotopic (exact) mass is 242 g/mol. The molecule has 0 aromatic heterocycles. The molecule has 0 spiro atoms. The van der Waals surface area contributed by atoms with Gasteiger partial charge < -0.3 is 4.74 Å². The van der Waals surface area contributed by atoms with E-state index in [9.17, 15) is 4.39 Å². The zero-order valence-electron chi connectivity index (χ0n) is 9.33. The molecule has 88 valence electrons. The van der Waals surface area contributed by atoms with E-state index in [1.807, 2.05) is 18.2 Å². The lowest BCUT2D eigenvalue weighted by Crippen LogP contribution is -2.45. The minimum atomic E-state index is -1.39. The predicted octanol–water partition coefficient (Wildman–Crippen LogP) is 3.35. The maximum absolute atomic E-state index is 13.7. The number of alkyl halides is 2. The summed E-state index contributed by atoms with van der Waals surface area (Å²) in [5.41, 5.74) is -0.187. The van der Waals surface area contributed by atoms with E-state index in [1.165, 1.54) is 12.5 Å². The van der Waals surface area contributed by atoms with E-state index in [0.29, 0.717) is 6.42 Å². The van der Waals surface area contributed by atoms with Crippen molar-refractivity contribution in [3.63, 3.8) is 0 Å². The van der Waals surface area contributed by atoms with E-state index in [1.54, 1.807) is 0 Å². The fourth-order valence-electron chi connectivity index (χ4n) is 1.94. The average Bonchev–Trinajstić information content (AvgIpc) is 2.26. The number of hydrogen-bond donors (Lipinski definition) is 0. The van der Waals surface area contributed by atoms with Crippen LogP contribution in [0, 0.1) is 0 Å². The first-order valence-corrected chi connectivity index (χ1v) is 6.00. The summed E-state index contributed by atoms with van der Waals surface area (Å²) in [5.74, 6) is 0. The number of halogens is 2. The van der Waals surface area contributed by atoms with Gasteiger partial charge in [-0.15, -0.1) is 11.6 Å². The number of ether oxygens (including phenoxy) is 1. The molecule has 16 heavy (non-hydrogen) atoms. The third-order valence-electron chi connectivity index (χ3n) is 3.03. The van der Waals surface area contributed by atoms with Gasteiger partial charge in [-0.3, -0.25) is 0 Å². The normalized spacial score (nSPS) is 34.9. The Morgan fingerprint density at radius 2 is 2.12 bits per heavy atom. The third kappa shape index (κ3) is 2.74. The van der Waals surface area contributed by atoms with Crippen molar-refractivity contribution in [1.29, 1.82) is 0 Å². The van der Waals surface area contributed by atoms with Crippen LogP contribution in [0.5, 0.6) is 0 Å². The van der Waals surface area contributed by atoms with Gasteiger partial charge in [0.1, 0.15) is 5.67 Å². The lowest BCUT2D eigenvalue weighted by Gasteiger charge is -2.35. The topological polar surface area (TPSA) is 9.23 Å². The van der Waals surface area contributed by atoms with Crippen LogP contribution in [0.25, 0.3) is 0 Å². The molecule has 1 fully saturated rings. The van der Waals surface area contributed by atoms with Crippen molar-refractivity contribution >= 4 is 11.6 Å². The smallest absolute Gasteiger partial charge is 0.147 e. The quantitative estimate of drug-likeness (QED) is 0.723. The van der Waals surface area contributed by atoms with Crippen LogP contribution in [0.3, 0.4) is 0 Å². The molecule has 1 nitrogen and oxygen atoms in total. The molecule has 1 aromatic rings. The first kappa shape index (κ1) is 11.9. The molecule has 2 rings (SSSR count). The van der Waals surface area contributed by atoms with E-state index in [0.717, 1.165) is 6.42 Å². The van der Waals surface area contributed by atoms with Crippen molar-refractivity contribution in [1.82, 2.24) is 0 Å². The molecule has 0 saturated carbocycles. The van der Waals surface area contributed by atoms with Gasteiger partial charge in [0.15, 0.2) is 0 Å². The molecule has 1 aromatic carbocycles. The Morgan fingerprint density at radius 3 is 2.75 bits per heavy atom. The Morgan fingerprint density at radius 1 is 1.44 bits per heavy atom. The van der Waals surface area contributed by atoms with Gasteiger partial charge >= 0.3 is 0 Å². The highest BCUT2D eigenvalue weighted by Gasteiger charge is 2.39. The second kappa shape index (κ2) is 4.72. The summed E-state index contributed by atoms with van der Waals surface area (Å²) < 4.78 is 19.2. The van der Waals surface area contributed by atoms with Gasteiger partial charge in [0.2, 0.25) is 0 Å². The Kier molecular flexibility index (Phi) is 3.50. The van der Waals surface area contributed by atoms with Crippen LogP contribution in [-0.2, 0) is 11.2 Å². The van der Waals surface area contributed by atoms with Crippen LogP contribution in [-0.4, -0.2) is 23.8 Å². The van der Waals surface area contributed by atoms with Gasteiger partial charge in [0.25, 0.3) is 0 Å². The van der Waals surface area contributed by atoms with E-state index < -0.39 is 11.0 Å². The van der Waals surface area contributed by atoms with Crippen LogP contribution in [0.4, 0.5) is 4.39 Å². The van der Waals surface area contributed by atoms with E-state index in [4.69, 9.17) is 16.3 Å². The van der Waals surface area contributed by atoms with E-state index in [2.05, 4.69) is 12.1 Å². The van der Waals surface area contributed by atoms with Crippen LogP contribution in [0.1, 0.15) is 18.9 Å². The predicted molar refractivity (Wildman–Crippen MR) is 63.7 cm³/mol. The van der Waals surface area contributed by atoms with Crippen molar-refractivity contribution in [2.24, 2.45) is 0 Å². The molecule has 3 atom stereocenters. The second-order valence-electron chi connectivity index (χ2n) is 4.60. The molecule has 3 heteroatoms. The van der Waals surface area contributed by atoms with Crippen LogP contribution >= 0.6 is 11.6 Å². The SMILES string of the molecule is CC1(F)CO[C@H](Cc2ccccc2)C[C@@H]1Cl. The van der Waals surface area contributed by atoms with E-state index >= 15 is 0 Å². The lowest BCUT2D eigenvalue weighted by atomic mass is 9.93. The first-order chi connectivity index (χ1) is 7.58. The molecule has 0 amide bonds. The highest BCUT2D eigenvalue weighted by atomic mass is 35.5. The Hall–Kier alpha value is -0.600. The molecule has 1 aliphatic rings. The Labute approximate surface area is 101 Å². The van der Waals surface area contributed by atoms with Crippen molar-refractivity contribution in [3.05, 3.63) is 35.9 Å². The largest absolute Gasteiger partial charge is 0.374 e. The fraction of sp³-hybridized carbons (Fsp3) is 0.538. The van der Waals surface area contributed by atoms with Gasteiger partial charge in [-0.2, -0.15) is 0 Å². The number of hydrogen-bond acceptors (Lipinski definition) is 1. The maximum Gasteiger partial charge on any atom is 0.147 e. The zero-order chi connectivity index (χ0) is 11.6. The van der Waals surface area contributed by atoms with Crippen molar-refractivity contribution in [2.75, 3.05) is 6.61 Å². The molecule has 1 saturated heterocycles. The fourth-order valence-corrected chi connectivity index (χ4v) is 2.20. The lowest BCUT2D eigenvalue weighted by molar-refractivity contribution is -0.0657. The third-order valence-corrected chi connectivity index (χ3v) is 3.66. The summed E-state index contributed by atoms with van der Waals surface area (Å²) in [4.78, 5) is 0. The Bertz CT molecular complexity index is 339. The molecular weight excluding hydrogens is 227 g/mol. The summed E-state index contributed by atoms with van der Waals surface area (Å²) in [7, 11) is 0. The summed E-state index contributed by atoms with van der Waals surface area (Å²) in [6.07, 6.45) is 1.41. The number of rotatable bonds is 2. The van der Waals surface area contributed by atoms with Gasteiger partial charge in [-0.25, -0.2) is 4.39 Å². The van der Waals surface area contributed by atoms with Crippen LogP contribution in [0.2, 0.25) is 0 Å². The van der Waals surface area contributed by atoms with Gasteiger partial charge in [-0.05, 0) is 25.3 Å². The minimum Gasteiger partial charge on any atom is -0.374 e. The molecule has 0 radical (unpaired) electrons. The van der Waals surface area contributed by atoms with Crippen molar-refractivity contribution < 1.29 is 9.13 Å². The van der Waals surface area contributed by atoms with Gasteiger partial charge in [-0.1, -0.05) is 30.3 Å². The van der Waals surface area contributed by atoms with Crippen LogP contribution in [0.15, 0.2) is 30.3 Å². The summed E-state index contributed by atoms with van der Waals surface area (Å²) >= 11 is 6.01. The Balaban J connectivity index is 1.94. The van der Waals surface area contributed by atoms with Crippen molar-refractivity contribution in [2.45, 2.75) is 36.9 Å². The van der Waals surface area contributed by atoms with Gasteiger partial charge in [0.05, 0.1) is 18.1 Å². The van der Waals surface area contributed by atoms with Crippen LogP contribution < -0.4 is 0 Å². The maximum atomic E-state index is 13.7. The molecule has 0 bridgehead atoms. The highest BCUT2D eigenvalue weighted by molar-refractivity contribution is 6.21. The van der Waals surface area contributed by atoms with Crippen molar-refractivity contribution in [3.8, 4) is 0 Å². The molecule has 1 unspecified atom stereocenters. The minimum absolute atomic E-state index is 0.0359. The molecular formula is C13H16ClFO.